The smallest absolute Gasteiger partial charge is 0.303 e. The van der Waals surface area contributed by atoms with Crippen LogP contribution in [0.3, 0.4) is 0 Å². The van der Waals surface area contributed by atoms with Crippen molar-refractivity contribution >= 4 is 11.9 Å². The summed E-state index contributed by atoms with van der Waals surface area (Å²) >= 11 is 0. The van der Waals surface area contributed by atoms with Crippen molar-refractivity contribution in [1.82, 2.24) is 0 Å². The van der Waals surface area contributed by atoms with Gasteiger partial charge in [0.15, 0.2) is 0 Å². The summed E-state index contributed by atoms with van der Waals surface area (Å²) in [4.78, 5) is 20.5. The molecule has 0 aromatic rings. The molecule has 0 saturated carbocycles. The summed E-state index contributed by atoms with van der Waals surface area (Å²) in [5.41, 5.74) is 0. The first-order valence-corrected chi connectivity index (χ1v) is 6.14. The van der Waals surface area contributed by atoms with Crippen LogP contribution < -0.4 is 0 Å². The number of carboxylic acid groups (broad SMARTS) is 2. The number of rotatable bonds is 11. The van der Waals surface area contributed by atoms with Gasteiger partial charge in [0.1, 0.15) is 0 Å². The molecule has 0 fully saturated rings. The van der Waals surface area contributed by atoms with Crippen LogP contribution in [0, 0.1) is 0 Å². The van der Waals surface area contributed by atoms with Gasteiger partial charge in [-0.3, -0.25) is 9.59 Å². The minimum absolute atomic E-state index is 0.107. The van der Waals surface area contributed by atoms with Gasteiger partial charge in [-0.1, -0.05) is 19.3 Å². The van der Waals surface area contributed by atoms with Crippen molar-refractivity contribution in [2.24, 2.45) is 0 Å². The Bertz CT molecular complexity index is 227. The Labute approximate surface area is 101 Å². The van der Waals surface area contributed by atoms with Crippen molar-refractivity contribution in [2.75, 3.05) is 0 Å². The average Bonchev–Trinajstić information content (AvgIpc) is 2.22. The molecule has 5 heteroatoms. The number of carboxylic acids is 2. The van der Waals surface area contributed by atoms with Crippen molar-refractivity contribution in [2.45, 2.75) is 63.9 Å². The van der Waals surface area contributed by atoms with Crippen molar-refractivity contribution < 1.29 is 24.9 Å². The van der Waals surface area contributed by atoms with Crippen LogP contribution in [0.5, 0.6) is 0 Å². The van der Waals surface area contributed by atoms with Gasteiger partial charge in [-0.15, -0.1) is 0 Å². The number of aliphatic hydroxyl groups excluding tert-OH is 1. The predicted molar refractivity (Wildman–Crippen MR) is 62.8 cm³/mol. The molecule has 0 aliphatic heterocycles. The molecular weight excluding hydrogens is 224 g/mol. The monoisotopic (exact) mass is 246 g/mol. The van der Waals surface area contributed by atoms with E-state index in [1.807, 2.05) is 0 Å². The van der Waals surface area contributed by atoms with E-state index >= 15 is 0 Å². The zero-order valence-corrected chi connectivity index (χ0v) is 10.1. The fourth-order valence-corrected chi connectivity index (χ4v) is 1.64. The number of unbranched alkanes of at least 4 members (excludes halogenated alkanes) is 3. The molecule has 0 radical (unpaired) electrons. The summed E-state index contributed by atoms with van der Waals surface area (Å²) < 4.78 is 0. The molecule has 0 bridgehead atoms. The van der Waals surface area contributed by atoms with Crippen LogP contribution in [0.1, 0.15) is 57.8 Å². The van der Waals surface area contributed by atoms with Gasteiger partial charge in [0, 0.05) is 12.8 Å². The van der Waals surface area contributed by atoms with E-state index in [0.29, 0.717) is 25.7 Å². The molecule has 0 heterocycles. The molecule has 1 atom stereocenters. The maximum absolute atomic E-state index is 10.2. The van der Waals surface area contributed by atoms with E-state index in [1.54, 1.807) is 0 Å². The number of aliphatic carboxylic acids is 2. The molecule has 0 aromatic carbocycles. The van der Waals surface area contributed by atoms with Crippen LogP contribution in [-0.2, 0) is 9.59 Å². The third-order valence-corrected chi connectivity index (χ3v) is 2.61. The number of aliphatic hydroxyl groups is 1. The van der Waals surface area contributed by atoms with Crippen molar-refractivity contribution in [3.8, 4) is 0 Å². The fraction of sp³-hybridized carbons (Fsp3) is 0.833. The highest BCUT2D eigenvalue weighted by atomic mass is 16.4. The zero-order valence-electron chi connectivity index (χ0n) is 10.1. The largest absolute Gasteiger partial charge is 0.481 e. The van der Waals surface area contributed by atoms with E-state index in [1.165, 1.54) is 0 Å². The first-order chi connectivity index (χ1) is 8.02. The number of hydrogen-bond acceptors (Lipinski definition) is 3. The standard InChI is InChI=1S/C12H22O5/c13-10(7-5-9-12(16)17)6-3-1-2-4-8-11(14)15/h10,13H,1-9H2,(H,14,15)(H,16,17). The Kier molecular flexibility index (Phi) is 9.43. The minimum atomic E-state index is -0.828. The summed E-state index contributed by atoms with van der Waals surface area (Å²) in [6.07, 6.45) is 4.95. The molecule has 100 valence electrons. The second kappa shape index (κ2) is 10.1. The fourth-order valence-electron chi connectivity index (χ4n) is 1.64. The lowest BCUT2D eigenvalue weighted by Gasteiger charge is -2.09. The van der Waals surface area contributed by atoms with Gasteiger partial charge in [-0.05, 0) is 25.7 Å². The zero-order chi connectivity index (χ0) is 13.1. The summed E-state index contributed by atoms with van der Waals surface area (Å²) in [6, 6.07) is 0. The molecule has 0 saturated heterocycles. The molecule has 0 aromatic heterocycles. The maximum Gasteiger partial charge on any atom is 0.303 e. The lowest BCUT2D eigenvalue weighted by atomic mass is 10.0. The highest BCUT2D eigenvalue weighted by Gasteiger charge is 2.05. The van der Waals surface area contributed by atoms with Gasteiger partial charge in [0.25, 0.3) is 0 Å². The van der Waals surface area contributed by atoms with Gasteiger partial charge in [-0.25, -0.2) is 0 Å². The number of carbonyl (C=O) groups is 2. The molecule has 0 aliphatic rings. The van der Waals surface area contributed by atoms with Gasteiger partial charge in [-0.2, -0.15) is 0 Å². The quantitative estimate of drug-likeness (QED) is 0.485. The van der Waals surface area contributed by atoms with Crippen LogP contribution in [0.4, 0.5) is 0 Å². The molecule has 17 heavy (non-hydrogen) atoms. The summed E-state index contributed by atoms with van der Waals surface area (Å²) in [6.45, 7) is 0. The molecule has 5 nitrogen and oxygen atoms in total. The van der Waals surface area contributed by atoms with E-state index in [-0.39, 0.29) is 12.8 Å². The molecule has 0 rings (SSSR count). The van der Waals surface area contributed by atoms with Crippen molar-refractivity contribution in [3.63, 3.8) is 0 Å². The Morgan fingerprint density at radius 2 is 1.24 bits per heavy atom. The summed E-state index contributed by atoms with van der Waals surface area (Å²) in [5.74, 6) is -1.59. The first kappa shape index (κ1) is 15.9. The average molecular weight is 246 g/mol. The Morgan fingerprint density at radius 3 is 1.82 bits per heavy atom. The number of hydrogen-bond donors (Lipinski definition) is 3. The van der Waals surface area contributed by atoms with Crippen LogP contribution in [0.25, 0.3) is 0 Å². The van der Waals surface area contributed by atoms with Gasteiger partial charge >= 0.3 is 11.9 Å². The van der Waals surface area contributed by atoms with E-state index in [4.69, 9.17) is 10.2 Å². The first-order valence-electron chi connectivity index (χ1n) is 6.14. The Balaban J connectivity index is 3.24. The third-order valence-electron chi connectivity index (χ3n) is 2.61. The SMILES string of the molecule is O=C(O)CCCCCCC(O)CCCC(=O)O. The van der Waals surface area contributed by atoms with Crippen LogP contribution in [0.2, 0.25) is 0 Å². The van der Waals surface area contributed by atoms with Gasteiger partial charge in [0.05, 0.1) is 6.10 Å². The van der Waals surface area contributed by atoms with E-state index in [0.717, 1.165) is 19.3 Å². The lowest BCUT2D eigenvalue weighted by Crippen LogP contribution is -2.07. The van der Waals surface area contributed by atoms with Crippen LogP contribution in [-0.4, -0.2) is 33.4 Å². The Morgan fingerprint density at radius 1 is 0.765 bits per heavy atom. The Hall–Kier alpha value is -1.10. The molecule has 1 unspecified atom stereocenters. The minimum Gasteiger partial charge on any atom is -0.481 e. The predicted octanol–water partition coefficient (Wildman–Crippen LogP) is 2.03. The van der Waals surface area contributed by atoms with Gasteiger partial charge in [0.2, 0.25) is 0 Å². The van der Waals surface area contributed by atoms with E-state index < -0.39 is 18.0 Å². The second-order valence-electron chi connectivity index (χ2n) is 4.29. The second-order valence-corrected chi connectivity index (χ2v) is 4.29. The maximum atomic E-state index is 10.2. The van der Waals surface area contributed by atoms with E-state index in [9.17, 15) is 14.7 Å². The highest BCUT2D eigenvalue weighted by Crippen LogP contribution is 2.11. The highest BCUT2D eigenvalue weighted by molar-refractivity contribution is 5.66. The molecule has 3 N–H and O–H groups in total. The lowest BCUT2D eigenvalue weighted by molar-refractivity contribution is -0.138. The summed E-state index contributed by atoms with van der Waals surface area (Å²) in [5, 5.41) is 26.3. The van der Waals surface area contributed by atoms with Crippen LogP contribution >= 0.6 is 0 Å². The molecular formula is C12H22O5. The molecule has 0 spiro atoms. The normalized spacial score (nSPS) is 12.3. The topological polar surface area (TPSA) is 94.8 Å². The van der Waals surface area contributed by atoms with E-state index in [2.05, 4.69) is 0 Å². The van der Waals surface area contributed by atoms with Crippen molar-refractivity contribution in [3.05, 3.63) is 0 Å². The third kappa shape index (κ3) is 12.8. The van der Waals surface area contributed by atoms with Gasteiger partial charge < -0.3 is 15.3 Å². The van der Waals surface area contributed by atoms with Crippen molar-refractivity contribution in [1.29, 1.82) is 0 Å². The molecule has 0 amide bonds. The summed E-state index contributed by atoms with van der Waals surface area (Å²) in [7, 11) is 0. The van der Waals surface area contributed by atoms with Crippen LogP contribution in [0.15, 0.2) is 0 Å². The molecule has 0 aliphatic carbocycles.